The fraction of sp³-hybridized carbons (Fsp3) is 0.484. The number of carbonyl (C=O) groups is 2. The topological polar surface area (TPSA) is 88.1 Å². The van der Waals surface area contributed by atoms with Crippen molar-refractivity contribution in [2.75, 3.05) is 20.7 Å². The Morgan fingerprint density at radius 3 is 2.16 bits per heavy atom. The maximum absolute atomic E-state index is 12.8. The fourth-order valence-corrected chi connectivity index (χ4v) is 4.08. The number of ether oxygens (including phenoxy) is 2. The summed E-state index contributed by atoms with van der Waals surface area (Å²) in [5.74, 6) is 1.43. The second kappa shape index (κ2) is 15.9. The van der Waals surface area contributed by atoms with Crippen molar-refractivity contribution in [2.45, 2.75) is 77.2 Å². The molecule has 0 radical (unpaired) electrons. The lowest BCUT2D eigenvalue weighted by Gasteiger charge is -2.31. The number of Topliss-reactive ketones (excluding diaryl/α,β-unsaturated/α-hetero) is 1. The van der Waals surface area contributed by atoms with E-state index in [0.717, 1.165) is 17.9 Å². The zero-order valence-electron chi connectivity index (χ0n) is 23.5. The maximum atomic E-state index is 12.8. The first-order chi connectivity index (χ1) is 18.1. The normalized spacial score (nSPS) is 13.6. The highest BCUT2D eigenvalue weighted by Gasteiger charge is 2.25. The maximum Gasteiger partial charge on any atom is 0.220 e. The number of nitrogens with zero attached hydrogens (tertiary/aromatic N) is 1. The summed E-state index contributed by atoms with van der Waals surface area (Å²) in [5.41, 5.74) is 1.38. The molecule has 0 saturated heterocycles. The van der Waals surface area contributed by atoms with Crippen LogP contribution in [0.5, 0.6) is 11.5 Å². The minimum absolute atomic E-state index is 0.0624. The highest BCUT2D eigenvalue weighted by molar-refractivity contribution is 5.96. The van der Waals surface area contributed by atoms with Gasteiger partial charge in [0, 0.05) is 31.0 Å². The van der Waals surface area contributed by atoms with E-state index in [-0.39, 0.29) is 23.8 Å². The van der Waals surface area contributed by atoms with Crippen molar-refractivity contribution in [3.8, 4) is 11.5 Å². The van der Waals surface area contributed by atoms with Crippen LogP contribution in [0.25, 0.3) is 0 Å². The van der Waals surface area contributed by atoms with E-state index >= 15 is 0 Å². The third kappa shape index (κ3) is 10.3. The minimum atomic E-state index is -0.881. The Kier molecular flexibility index (Phi) is 13.0. The Balaban J connectivity index is 1.89. The Morgan fingerprint density at radius 1 is 0.974 bits per heavy atom. The molecule has 0 aromatic heterocycles. The van der Waals surface area contributed by atoms with Crippen LogP contribution in [0.3, 0.4) is 0 Å². The molecule has 0 bridgehead atoms. The van der Waals surface area contributed by atoms with Crippen molar-refractivity contribution < 1.29 is 24.2 Å². The second-order valence-corrected chi connectivity index (χ2v) is 9.98. The zero-order chi connectivity index (χ0) is 28.1. The molecular formula is C31H44N2O5. The van der Waals surface area contributed by atoms with E-state index in [1.807, 2.05) is 63.1 Å². The monoisotopic (exact) mass is 524 g/mol. The average Bonchev–Trinajstić information content (AvgIpc) is 2.91. The van der Waals surface area contributed by atoms with Gasteiger partial charge in [-0.05, 0) is 82.6 Å². The first kappa shape index (κ1) is 31.1. The van der Waals surface area contributed by atoms with Crippen LogP contribution in [0.2, 0.25) is 0 Å². The fourth-order valence-electron chi connectivity index (χ4n) is 4.08. The smallest absolute Gasteiger partial charge is 0.220 e. The van der Waals surface area contributed by atoms with Gasteiger partial charge in [0.15, 0.2) is 5.78 Å². The van der Waals surface area contributed by atoms with Crippen molar-refractivity contribution in [1.82, 2.24) is 10.2 Å². The van der Waals surface area contributed by atoms with Gasteiger partial charge in [0.2, 0.25) is 5.91 Å². The molecule has 0 saturated carbocycles. The van der Waals surface area contributed by atoms with Gasteiger partial charge in [0.1, 0.15) is 17.6 Å². The summed E-state index contributed by atoms with van der Waals surface area (Å²) < 4.78 is 10.8. The van der Waals surface area contributed by atoms with E-state index in [0.29, 0.717) is 43.4 Å². The molecule has 208 valence electrons. The molecule has 1 unspecified atom stereocenters. The number of methoxy groups -OCH3 is 1. The molecule has 3 atom stereocenters. The minimum Gasteiger partial charge on any atom is -0.497 e. The lowest BCUT2D eigenvalue weighted by atomic mass is 10.0. The van der Waals surface area contributed by atoms with Crippen LogP contribution in [-0.2, 0) is 4.79 Å². The number of hydrogen-bond donors (Lipinski definition) is 2. The highest BCUT2D eigenvalue weighted by Crippen LogP contribution is 2.22. The molecule has 0 heterocycles. The molecule has 7 heteroatoms. The Morgan fingerprint density at radius 2 is 1.58 bits per heavy atom. The number of carbonyl (C=O) groups excluding carboxylic acids is 2. The van der Waals surface area contributed by atoms with Gasteiger partial charge in [-0.2, -0.15) is 0 Å². The van der Waals surface area contributed by atoms with Crippen molar-refractivity contribution in [2.24, 2.45) is 0 Å². The third-order valence-electron chi connectivity index (χ3n) is 6.56. The number of benzene rings is 2. The quantitative estimate of drug-likeness (QED) is 0.165. The third-order valence-corrected chi connectivity index (χ3v) is 6.56. The number of hydrogen-bond acceptors (Lipinski definition) is 6. The van der Waals surface area contributed by atoms with Crippen LogP contribution >= 0.6 is 0 Å². The average molecular weight is 525 g/mol. The van der Waals surface area contributed by atoms with Crippen LogP contribution in [0, 0.1) is 0 Å². The molecule has 7 nitrogen and oxygen atoms in total. The van der Waals surface area contributed by atoms with Gasteiger partial charge in [-0.3, -0.25) is 14.5 Å². The number of rotatable bonds is 17. The van der Waals surface area contributed by atoms with Crippen molar-refractivity contribution in [3.05, 3.63) is 72.3 Å². The highest BCUT2D eigenvalue weighted by atomic mass is 16.5. The van der Waals surface area contributed by atoms with Gasteiger partial charge in [0.05, 0.1) is 19.3 Å². The van der Waals surface area contributed by atoms with Crippen molar-refractivity contribution in [3.63, 3.8) is 0 Å². The summed E-state index contributed by atoms with van der Waals surface area (Å²) in [6, 6.07) is 14.0. The Hall–Kier alpha value is -3.16. The van der Waals surface area contributed by atoms with E-state index < -0.39 is 12.1 Å². The Labute approximate surface area is 227 Å². The second-order valence-electron chi connectivity index (χ2n) is 9.98. The lowest BCUT2D eigenvalue weighted by molar-refractivity contribution is -0.123. The number of unbranched alkanes of at least 4 members (excludes halogenated alkanes) is 2. The molecule has 0 aliphatic rings. The van der Waals surface area contributed by atoms with Crippen LogP contribution in [0.4, 0.5) is 0 Å². The molecule has 1 amide bonds. The zero-order valence-corrected chi connectivity index (χ0v) is 23.5. The van der Waals surface area contributed by atoms with Crippen LogP contribution in [0.15, 0.2) is 61.2 Å². The first-order valence-electron chi connectivity index (χ1n) is 13.4. The molecule has 0 fully saturated rings. The van der Waals surface area contributed by atoms with Crippen molar-refractivity contribution >= 4 is 11.7 Å². The first-order valence-corrected chi connectivity index (χ1v) is 13.4. The molecule has 38 heavy (non-hydrogen) atoms. The van der Waals surface area contributed by atoms with E-state index in [9.17, 15) is 14.7 Å². The standard InChI is InChI=1S/C31H44N2O5/c1-7-23(4)33(5)21-28(31(36)25-15-19-27(20-16-25)38-22(2)3)32-30(35)12-10-8-9-11-29(34)24-13-17-26(37-6)18-14-24/h7,13-20,22-23,28,31,36H,1,8-12,21H2,2-6H3,(H,32,35)/t23?,28-,31-/m1/s1. The van der Waals surface area contributed by atoms with E-state index in [4.69, 9.17) is 9.47 Å². The summed E-state index contributed by atoms with van der Waals surface area (Å²) in [4.78, 5) is 27.2. The summed E-state index contributed by atoms with van der Waals surface area (Å²) in [7, 11) is 3.54. The molecule has 2 aromatic rings. The summed E-state index contributed by atoms with van der Waals surface area (Å²) in [6.45, 7) is 10.2. The van der Waals surface area contributed by atoms with Crippen LogP contribution in [-0.4, -0.2) is 60.6 Å². The molecule has 2 rings (SSSR count). The number of amides is 1. The molecule has 2 aromatic carbocycles. The van der Waals surface area contributed by atoms with E-state index in [2.05, 4.69) is 11.9 Å². The molecule has 0 spiro atoms. The van der Waals surface area contributed by atoms with Crippen LogP contribution in [0.1, 0.15) is 74.9 Å². The number of aliphatic hydroxyl groups excluding tert-OH is 1. The molecule has 0 aliphatic carbocycles. The molecular weight excluding hydrogens is 480 g/mol. The van der Waals surface area contributed by atoms with Gasteiger partial charge in [0.25, 0.3) is 0 Å². The van der Waals surface area contributed by atoms with Gasteiger partial charge in [-0.15, -0.1) is 6.58 Å². The number of nitrogens with one attached hydrogen (secondary N) is 1. The predicted octanol–water partition coefficient (Wildman–Crippen LogP) is 5.34. The predicted molar refractivity (Wildman–Crippen MR) is 152 cm³/mol. The molecule has 2 N–H and O–H groups in total. The SMILES string of the molecule is C=CC(C)N(C)C[C@@H](NC(=O)CCCCCC(=O)c1ccc(OC)cc1)[C@H](O)c1ccc(OC(C)C)cc1. The summed E-state index contributed by atoms with van der Waals surface area (Å²) in [5, 5.41) is 14.2. The summed E-state index contributed by atoms with van der Waals surface area (Å²) >= 11 is 0. The van der Waals surface area contributed by atoms with Crippen LogP contribution < -0.4 is 14.8 Å². The largest absolute Gasteiger partial charge is 0.497 e. The van der Waals surface area contributed by atoms with E-state index in [1.54, 1.807) is 31.4 Å². The van der Waals surface area contributed by atoms with Gasteiger partial charge >= 0.3 is 0 Å². The molecule has 0 aliphatic heterocycles. The van der Waals surface area contributed by atoms with Gasteiger partial charge < -0.3 is 19.9 Å². The lowest BCUT2D eigenvalue weighted by Crippen LogP contribution is -2.47. The number of aliphatic hydroxyl groups is 1. The van der Waals surface area contributed by atoms with Crippen molar-refractivity contribution in [1.29, 1.82) is 0 Å². The van der Waals surface area contributed by atoms with E-state index in [1.165, 1.54) is 0 Å². The summed E-state index contributed by atoms with van der Waals surface area (Å²) in [6.07, 6.45) is 3.95. The van der Waals surface area contributed by atoms with Gasteiger partial charge in [-0.1, -0.05) is 24.6 Å². The Bertz CT molecular complexity index is 1000. The number of ketones is 1. The van der Waals surface area contributed by atoms with Gasteiger partial charge in [-0.25, -0.2) is 0 Å². The number of likely N-dealkylation sites (N-methyl/N-ethyl adjacent to an activating group) is 1.